The maximum Gasteiger partial charge on any atom is 0.244 e. The Labute approximate surface area is 182 Å². The average molecular weight is 443 g/mol. The summed E-state index contributed by atoms with van der Waals surface area (Å²) in [5.74, 6) is 1.62. The highest BCUT2D eigenvalue weighted by Crippen LogP contribution is 2.38. The van der Waals surface area contributed by atoms with E-state index in [4.69, 9.17) is 14.2 Å². The van der Waals surface area contributed by atoms with Crippen LogP contribution in [0, 0.1) is 0 Å². The minimum atomic E-state index is -3.80. The van der Waals surface area contributed by atoms with Crippen molar-refractivity contribution in [3.63, 3.8) is 0 Å². The van der Waals surface area contributed by atoms with Crippen molar-refractivity contribution < 1.29 is 22.6 Å². The van der Waals surface area contributed by atoms with Gasteiger partial charge in [-0.15, -0.1) is 0 Å². The molecule has 164 valence electrons. The number of sulfonamides is 1. The van der Waals surface area contributed by atoms with Crippen LogP contribution in [-0.4, -0.2) is 44.7 Å². The van der Waals surface area contributed by atoms with E-state index >= 15 is 0 Å². The van der Waals surface area contributed by atoms with Gasteiger partial charge in [0, 0.05) is 31.0 Å². The zero-order chi connectivity index (χ0) is 22.0. The van der Waals surface area contributed by atoms with Gasteiger partial charge in [0.1, 0.15) is 5.75 Å². The summed E-state index contributed by atoms with van der Waals surface area (Å²) in [5, 5.41) is 0. The highest BCUT2D eigenvalue weighted by Gasteiger charge is 2.38. The van der Waals surface area contributed by atoms with Gasteiger partial charge in [0.15, 0.2) is 11.5 Å². The van der Waals surface area contributed by atoms with E-state index < -0.39 is 16.1 Å². The smallest absolute Gasteiger partial charge is 0.244 e. The molecule has 0 saturated carbocycles. The highest BCUT2D eigenvalue weighted by molar-refractivity contribution is 7.89. The molecule has 2 aromatic carbocycles. The van der Waals surface area contributed by atoms with Crippen molar-refractivity contribution in [2.75, 3.05) is 27.4 Å². The third kappa shape index (κ3) is 3.88. The van der Waals surface area contributed by atoms with Crippen LogP contribution in [0.1, 0.15) is 24.2 Å². The molecule has 0 saturated heterocycles. The van der Waals surface area contributed by atoms with Gasteiger partial charge >= 0.3 is 0 Å². The Balaban J connectivity index is 1.78. The summed E-state index contributed by atoms with van der Waals surface area (Å²) < 4.78 is 47.3. The van der Waals surface area contributed by atoms with Crippen LogP contribution in [0.15, 0.2) is 65.7 Å². The number of hydrogen-bond donors (Lipinski definition) is 0. The summed E-state index contributed by atoms with van der Waals surface area (Å²) in [5.41, 5.74) is 1.81. The standard InChI is InChI=1S/C23H26N2O5S/c1-4-30-18-9-7-17(8-10-18)23-20-6-5-13-24(20)14-15-25(23)31(26,27)19-11-12-21(28-2)22(16-19)29-3/h5-13,16,23H,4,14-15H2,1-3H3. The monoisotopic (exact) mass is 442 g/mol. The van der Waals surface area contributed by atoms with Crippen molar-refractivity contribution in [3.8, 4) is 17.2 Å². The van der Waals surface area contributed by atoms with E-state index in [1.807, 2.05) is 49.5 Å². The van der Waals surface area contributed by atoms with E-state index in [0.717, 1.165) is 17.0 Å². The molecule has 1 aliphatic heterocycles. The van der Waals surface area contributed by atoms with Crippen molar-refractivity contribution in [1.82, 2.24) is 8.87 Å². The van der Waals surface area contributed by atoms with Crippen molar-refractivity contribution >= 4 is 10.0 Å². The molecule has 3 aromatic rings. The SMILES string of the molecule is CCOc1ccc(C2c3cccn3CCN2S(=O)(=O)c2ccc(OC)c(OC)c2)cc1. The van der Waals surface area contributed by atoms with Gasteiger partial charge in [-0.3, -0.25) is 0 Å². The quantitative estimate of drug-likeness (QED) is 0.558. The predicted molar refractivity (Wildman–Crippen MR) is 117 cm³/mol. The van der Waals surface area contributed by atoms with Crippen molar-refractivity contribution in [1.29, 1.82) is 0 Å². The molecular formula is C23H26N2O5S. The van der Waals surface area contributed by atoms with Crippen LogP contribution in [0.3, 0.4) is 0 Å². The van der Waals surface area contributed by atoms with Crippen LogP contribution in [0.4, 0.5) is 0 Å². The number of hydrogen-bond acceptors (Lipinski definition) is 5. The fourth-order valence-corrected chi connectivity index (χ4v) is 5.58. The van der Waals surface area contributed by atoms with Crippen LogP contribution in [0.5, 0.6) is 17.2 Å². The van der Waals surface area contributed by atoms with E-state index in [-0.39, 0.29) is 4.90 Å². The van der Waals surface area contributed by atoms with Gasteiger partial charge in [-0.25, -0.2) is 8.42 Å². The highest BCUT2D eigenvalue weighted by atomic mass is 32.2. The second kappa shape index (κ2) is 8.64. The van der Waals surface area contributed by atoms with Gasteiger partial charge in [-0.2, -0.15) is 4.31 Å². The molecule has 1 unspecified atom stereocenters. The summed E-state index contributed by atoms with van der Waals surface area (Å²) >= 11 is 0. The number of fused-ring (bicyclic) bond motifs is 1. The largest absolute Gasteiger partial charge is 0.494 e. The van der Waals surface area contributed by atoms with Gasteiger partial charge < -0.3 is 18.8 Å². The minimum absolute atomic E-state index is 0.168. The molecule has 8 heteroatoms. The average Bonchev–Trinajstić information content (AvgIpc) is 3.27. The Morgan fingerprint density at radius 2 is 1.71 bits per heavy atom. The minimum Gasteiger partial charge on any atom is -0.494 e. The fraction of sp³-hybridized carbons (Fsp3) is 0.304. The number of aromatic nitrogens is 1. The third-order valence-electron chi connectivity index (χ3n) is 5.46. The number of methoxy groups -OCH3 is 2. The van der Waals surface area contributed by atoms with Gasteiger partial charge in [0.05, 0.1) is 31.8 Å². The zero-order valence-corrected chi connectivity index (χ0v) is 18.6. The van der Waals surface area contributed by atoms with Crippen molar-refractivity contribution in [2.24, 2.45) is 0 Å². The first-order chi connectivity index (χ1) is 15.0. The second-order valence-electron chi connectivity index (χ2n) is 7.16. The lowest BCUT2D eigenvalue weighted by atomic mass is 10.0. The Morgan fingerprint density at radius 3 is 2.39 bits per heavy atom. The van der Waals surface area contributed by atoms with E-state index in [2.05, 4.69) is 4.57 Å². The Kier molecular flexibility index (Phi) is 5.93. The molecule has 4 rings (SSSR count). The summed E-state index contributed by atoms with van der Waals surface area (Å²) in [6.45, 7) is 3.45. The van der Waals surface area contributed by atoms with E-state index in [9.17, 15) is 8.42 Å². The summed E-state index contributed by atoms with van der Waals surface area (Å²) in [7, 11) is -0.793. The first-order valence-corrected chi connectivity index (χ1v) is 11.5. The number of nitrogens with zero attached hydrogens (tertiary/aromatic N) is 2. The molecular weight excluding hydrogens is 416 g/mol. The van der Waals surface area contributed by atoms with Crippen LogP contribution in [0.2, 0.25) is 0 Å². The van der Waals surface area contributed by atoms with Crippen molar-refractivity contribution in [2.45, 2.75) is 24.4 Å². The normalized spacial score (nSPS) is 16.5. The molecule has 1 aromatic heterocycles. The molecule has 0 spiro atoms. The molecule has 0 radical (unpaired) electrons. The summed E-state index contributed by atoms with van der Waals surface area (Å²) in [6.07, 6.45) is 1.98. The molecule has 0 N–H and O–H groups in total. The Hall–Kier alpha value is -2.97. The van der Waals surface area contributed by atoms with E-state index in [1.165, 1.54) is 20.3 Å². The third-order valence-corrected chi connectivity index (χ3v) is 7.32. The molecule has 31 heavy (non-hydrogen) atoms. The van der Waals surface area contributed by atoms with E-state index in [0.29, 0.717) is 31.2 Å². The first-order valence-electron chi connectivity index (χ1n) is 10.1. The lowest BCUT2D eigenvalue weighted by Crippen LogP contribution is -2.42. The first kappa shape index (κ1) is 21.3. The Morgan fingerprint density at radius 1 is 0.968 bits per heavy atom. The van der Waals surface area contributed by atoms with Crippen LogP contribution in [-0.2, 0) is 16.6 Å². The number of rotatable bonds is 7. The number of ether oxygens (including phenoxy) is 3. The maximum absolute atomic E-state index is 13.7. The van der Waals surface area contributed by atoms with Gasteiger partial charge in [-0.05, 0) is 48.9 Å². The molecule has 0 bridgehead atoms. The zero-order valence-electron chi connectivity index (χ0n) is 17.8. The maximum atomic E-state index is 13.7. The van der Waals surface area contributed by atoms with Gasteiger partial charge in [0.2, 0.25) is 10.0 Å². The molecule has 0 aliphatic carbocycles. The Bertz CT molecular complexity index is 1150. The summed E-state index contributed by atoms with van der Waals surface area (Å²) in [4.78, 5) is 0.168. The molecule has 0 amide bonds. The molecule has 7 nitrogen and oxygen atoms in total. The number of benzene rings is 2. The van der Waals surface area contributed by atoms with Crippen LogP contribution < -0.4 is 14.2 Å². The molecule has 0 fully saturated rings. The second-order valence-corrected chi connectivity index (χ2v) is 9.05. The lowest BCUT2D eigenvalue weighted by Gasteiger charge is -2.36. The fourth-order valence-electron chi connectivity index (χ4n) is 3.98. The van der Waals surface area contributed by atoms with Crippen molar-refractivity contribution in [3.05, 3.63) is 72.1 Å². The van der Waals surface area contributed by atoms with Gasteiger partial charge in [0.25, 0.3) is 0 Å². The molecule has 1 atom stereocenters. The van der Waals surface area contributed by atoms with E-state index in [1.54, 1.807) is 16.4 Å². The molecule has 1 aliphatic rings. The lowest BCUT2D eigenvalue weighted by molar-refractivity contribution is 0.297. The van der Waals surface area contributed by atoms with Gasteiger partial charge in [-0.1, -0.05) is 12.1 Å². The van der Waals surface area contributed by atoms with Crippen LogP contribution in [0.25, 0.3) is 0 Å². The van der Waals surface area contributed by atoms with Crippen LogP contribution >= 0.6 is 0 Å². The predicted octanol–water partition coefficient (Wildman–Crippen LogP) is 3.70. The topological polar surface area (TPSA) is 70.0 Å². The molecule has 2 heterocycles. The summed E-state index contributed by atoms with van der Waals surface area (Å²) in [6, 6.07) is 15.8.